The minimum absolute atomic E-state index is 0.0411. The number of aliphatic hydroxyl groups is 1. The van der Waals surface area contributed by atoms with E-state index in [4.69, 9.17) is 0 Å². The van der Waals surface area contributed by atoms with Crippen LogP contribution >= 0.6 is 0 Å². The first kappa shape index (κ1) is 11.5. The zero-order chi connectivity index (χ0) is 10.6. The third-order valence-electron chi connectivity index (χ3n) is 3.05. The van der Waals surface area contributed by atoms with Crippen molar-refractivity contribution < 1.29 is 9.90 Å². The molecule has 2 atom stereocenters. The summed E-state index contributed by atoms with van der Waals surface area (Å²) in [6, 6.07) is -0.0411. The SMILES string of the molecule is CC(O)C(C)N1CCCCCCC1=O. The van der Waals surface area contributed by atoms with Crippen LogP contribution in [0.2, 0.25) is 0 Å². The first-order chi connectivity index (χ1) is 6.63. The maximum absolute atomic E-state index is 11.7. The van der Waals surface area contributed by atoms with E-state index >= 15 is 0 Å². The maximum Gasteiger partial charge on any atom is 0.222 e. The van der Waals surface area contributed by atoms with Crippen LogP contribution in [0, 0.1) is 0 Å². The molecule has 1 rings (SSSR count). The molecular weight excluding hydrogens is 178 g/mol. The highest BCUT2D eigenvalue weighted by atomic mass is 16.3. The van der Waals surface area contributed by atoms with Crippen molar-refractivity contribution in [1.29, 1.82) is 0 Å². The van der Waals surface area contributed by atoms with Gasteiger partial charge in [0, 0.05) is 13.0 Å². The molecule has 82 valence electrons. The highest BCUT2D eigenvalue weighted by Gasteiger charge is 2.23. The first-order valence-corrected chi connectivity index (χ1v) is 5.60. The molecule has 1 aliphatic heterocycles. The molecule has 14 heavy (non-hydrogen) atoms. The van der Waals surface area contributed by atoms with Gasteiger partial charge >= 0.3 is 0 Å². The van der Waals surface area contributed by atoms with E-state index in [1.54, 1.807) is 6.92 Å². The highest BCUT2D eigenvalue weighted by molar-refractivity contribution is 5.76. The molecule has 1 aliphatic rings. The van der Waals surface area contributed by atoms with E-state index in [0.29, 0.717) is 6.42 Å². The van der Waals surface area contributed by atoms with Gasteiger partial charge in [0.05, 0.1) is 12.1 Å². The smallest absolute Gasteiger partial charge is 0.222 e. The van der Waals surface area contributed by atoms with E-state index in [2.05, 4.69) is 0 Å². The number of rotatable bonds is 2. The number of aliphatic hydroxyl groups excluding tert-OH is 1. The van der Waals surface area contributed by atoms with E-state index in [1.807, 2.05) is 11.8 Å². The number of nitrogens with zero attached hydrogens (tertiary/aromatic N) is 1. The summed E-state index contributed by atoms with van der Waals surface area (Å²) in [6.07, 6.45) is 4.67. The maximum atomic E-state index is 11.7. The van der Waals surface area contributed by atoms with Crippen LogP contribution in [0.3, 0.4) is 0 Å². The lowest BCUT2D eigenvalue weighted by molar-refractivity contribution is -0.136. The predicted molar refractivity (Wildman–Crippen MR) is 55.9 cm³/mol. The molecule has 1 fully saturated rings. The molecule has 0 radical (unpaired) electrons. The number of hydrogen-bond acceptors (Lipinski definition) is 2. The number of likely N-dealkylation sites (tertiary alicyclic amines) is 1. The Morgan fingerprint density at radius 1 is 1.21 bits per heavy atom. The third kappa shape index (κ3) is 2.98. The van der Waals surface area contributed by atoms with Gasteiger partial charge in [0.1, 0.15) is 0 Å². The standard InChI is InChI=1S/C11H21NO2/c1-9(10(2)13)12-8-6-4-3-5-7-11(12)14/h9-10,13H,3-8H2,1-2H3. The Kier molecular flexibility index (Phi) is 4.39. The quantitative estimate of drug-likeness (QED) is 0.733. The zero-order valence-corrected chi connectivity index (χ0v) is 9.20. The Labute approximate surface area is 86.1 Å². The average molecular weight is 199 g/mol. The number of carbonyl (C=O) groups excluding carboxylic acids is 1. The summed E-state index contributed by atoms with van der Waals surface area (Å²) in [5, 5.41) is 9.46. The topological polar surface area (TPSA) is 40.5 Å². The fraction of sp³-hybridized carbons (Fsp3) is 0.909. The van der Waals surface area contributed by atoms with E-state index in [9.17, 15) is 9.90 Å². The van der Waals surface area contributed by atoms with Crippen LogP contribution in [0.5, 0.6) is 0 Å². The summed E-state index contributed by atoms with van der Waals surface area (Å²) in [7, 11) is 0. The van der Waals surface area contributed by atoms with Crippen molar-refractivity contribution in [3.8, 4) is 0 Å². The van der Waals surface area contributed by atoms with Crippen molar-refractivity contribution in [1.82, 2.24) is 4.90 Å². The van der Waals surface area contributed by atoms with Gasteiger partial charge in [0.25, 0.3) is 0 Å². The highest BCUT2D eigenvalue weighted by Crippen LogP contribution is 2.15. The monoisotopic (exact) mass is 199 g/mol. The Hall–Kier alpha value is -0.570. The fourth-order valence-corrected chi connectivity index (χ4v) is 1.87. The molecule has 0 aliphatic carbocycles. The number of carbonyl (C=O) groups is 1. The fourth-order valence-electron chi connectivity index (χ4n) is 1.87. The Morgan fingerprint density at radius 3 is 2.50 bits per heavy atom. The molecule has 2 unspecified atom stereocenters. The van der Waals surface area contributed by atoms with Gasteiger partial charge < -0.3 is 10.0 Å². The molecule has 1 N–H and O–H groups in total. The van der Waals surface area contributed by atoms with Gasteiger partial charge in [-0.15, -0.1) is 0 Å². The van der Waals surface area contributed by atoms with E-state index in [1.165, 1.54) is 12.8 Å². The summed E-state index contributed by atoms with van der Waals surface area (Å²) in [6.45, 7) is 4.48. The molecule has 0 aromatic heterocycles. The van der Waals surface area contributed by atoms with Crippen molar-refractivity contribution in [2.75, 3.05) is 6.54 Å². The van der Waals surface area contributed by atoms with Crippen LogP contribution in [0.25, 0.3) is 0 Å². The number of hydrogen-bond donors (Lipinski definition) is 1. The normalized spacial score (nSPS) is 23.9. The van der Waals surface area contributed by atoms with Gasteiger partial charge in [0.15, 0.2) is 0 Å². The second-order valence-corrected chi connectivity index (χ2v) is 4.23. The van der Waals surface area contributed by atoms with Gasteiger partial charge in [0.2, 0.25) is 5.91 Å². The molecule has 1 amide bonds. The molecule has 0 spiro atoms. The summed E-state index contributed by atoms with van der Waals surface area (Å²) in [5.74, 6) is 0.207. The van der Waals surface area contributed by atoms with E-state index in [-0.39, 0.29) is 11.9 Å². The van der Waals surface area contributed by atoms with Crippen LogP contribution in [-0.2, 0) is 4.79 Å². The average Bonchev–Trinajstić information content (AvgIpc) is 2.11. The minimum atomic E-state index is -0.432. The molecule has 1 saturated heterocycles. The van der Waals surface area contributed by atoms with Crippen LogP contribution < -0.4 is 0 Å². The second-order valence-electron chi connectivity index (χ2n) is 4.23. The van der Waals surface area contributed by atoms with Crippen molar-refractivity contribution in [2.45, 2.75) is 58.1 Å². The van der Waals surface area contributed by atoms with Gasteiger partial charge in [-0.05, 0) is 26.7 Å². The molecule has 0 saturated carbocycles. The lowest BCUT2D eigenvalue weighted by Gasteiger charge is -2.32. The molecule has 3 heteroatoms. The largest absolute Gasteiger partial charge is 0.391 e. The Balaban J connectivity index is 2.57. The van der Waals surface area contributed by atoms with Crippen LogP contribution in [0.1, 0.15) is 46.0 Å². The van der Waals surface area contributed by atoms with Gasteiger partial charge in [-0.3, -0.25) is 4.79 Å². The lowest BCUT2D eigenvalue weighted by atomic mass is 10.1. The van der Waals surface area contributed by atoms with Gasteiger partial charge in [-0.1, -0.05) is 12.8 Å². The summed E-state index contributed by atoms with van der Waals surface area (Å²) in [5.41, 5.74) is 0. The molecule has 3 nitrogen and oxygen atoms in total. The van der Waals surface area contributed by atoms with Crippen LogP contribution in [-0.4, -0.2) is 34.6 Å². The summed E-state index contributed by atoms with van der Waals surface area (Å²) in [4.78, 5) is 13.6. The minimum Gasteiger partial charge on any atom is -0.391 e. The number of amides is 1. The van der Waals surface area contributed by atoms with Gasteiger partial charge in [-0.25, -0.2) is 0 Å². The Bertz CT molecular complexity index is 192. The van der Waals surface area contributed by atoms with Gasteiger partial charge in [-0.2, -0.15) is 0 Å². The molecule has 0 bridgehead atoms. The third-order valence-corrected chi connectivity index (χ3v) is 3.05. The van der Waals surface area contributed by atoms with Crippen molar-refractivity contribution in [3.05, 3.63) is 0 Å². The molecule has 0 aromatic rings. The summed E-state index contributed by atoms with van der Waals surface area (Å²) >= 11 is 0. The van der Waals surface area contributed by atoms with Crippen LogP contribution in [0.4, 0.5) is 0 Å². The van der Waals surface area contributed by atoms with Crippen molar-refractivity contribution in [3.63, 3.8) is 0 Å². The van der Waals surface area contributed by atoms with Crippen LogP contribution in [0.15, 0.2) is 0 Å². The van der Waals surface area contributed by atoms with E-state index in [0.717, 1.165) is 19.4 Å². The molecular formula is C11H21NO2. The van der Waals surface area contributed by atoms with Crippen molar-refractivity contribution >= 4 is 5.91 Å². The molecule has 0 aromatic carbocycles. The zero-order valence-electron chi connectivity index (χ0n) is 9.20. The molecule has 1 heterocycles. The second kappa shape index (κ2) is 5.35. The first-order valence-electron chi connectivity index (χ1n) is 5.60. The predicted octanol–water partition coefficient (Wildman–Crippen LogP) is 1.55. The summed E-state index contributed by atoms with van der Waals surface area (Å²) < 4.78 is 0. The van der Waals surface area contributed by atoms with Crippen molar-refractivity contribution in [2.24, 2.45) is 0 Å². The lowest BCUT2D eigenvalue weighted by Crippen LogP contribution is -2.45. The Morgan fingerprint density at radius 2 is 1.86 bits per heavy atom. The van der Waals surface area contributed by atoms with E-state index < -0.39 is 6.10 Å².